The molecule has 0 saturated heterocycles. The quantitative estimate of drug-likeness (QED) is 0.549. The van der Waals surface area contributed by atoms with Gasteiger partial charge in [0, 0.05) is 31.6 Å². The van der Waals surface area contributed by atoms with Crippen LogP contribution in [0.3, 0.4) is 0 Å². The van der Waals surface area contributed by atoms with Crippen molar-refractivity contribution in [3.63, 3.8) is 0 Å². The van der Waals surface area contributed by atoms with Gasteiger partial charge in [-0.3, -0.25) is 19.0 Å². The number of hydrogen-bond acceptors (Lipinski definition) is 5. The fourth-order valence-electron chi connectivity index (χ4n) is 1.65. The molecule has 2 rings (SSSR count). The fourth-order valence-corrected chi connectivity index (χ4v) is 2.70. The third-order valence-corrected chi connectivity index (χ3v) is 3.80. The first-order chi connectivity index (χ1) is 8.13. The van der Waals surface area contributed by atoms with Gasteiger partial charge in [-0.1, -0.05) is 11.8 Å². The first-order valence-corrected chi connectivity index (χ1v) is 6.12. The summed E-state index contributed by atoms with van der Waals surface area (Å²) >= 11 is 1.42. The molecule has 6 nitrogen and oxygen atoms in total. The van der Waals surface area contributed by atoms with Gasteiger partial charge in [0.15, 0.2) is 5.16 Å². The number of hydrogen-bond donors (Lipinski definition) is 0. The Labute approximate surface area is 103 Å². The molecule has 0 fully saturated rings. The SMILES string of the molecule is CON(C)C(=O)C1CSc2nccc(=O)n2C1. The molecular formula is C10H13N3O3S. The van der Waals surface area contributed by atoms with Gasteiger partial charge >= 0.3 is 0 Å². The van der Waals surface area contributed by atoms with Gasteiger partial charge < -0.3 is 0 Å². The largest absolute Gasteiger partial charge is 0.287 e. The third-order valence-electron chi connectivity index (χ3n) is 2.65. The van der Waals surface area contributed by atoms with Crippen LogP contribution in [0.25, 0.3) is 0 Å². The molecule has 0 N–H and O–H groups in total. The zero-order valence-corrected chi connectivity index (χ0v) is 10.4. The number of carbonyl (C=O) groups is 1. The maximum Gasteiger partial charge on any atom is 0.254 e. The van der Waals surface area contributed by atoms with Crippen molar-refractivity contribution in [2.75, 3.05) is 19.9 Å². The van der Waals surface area contributed by atoms with Crippen LogP contribution in [0.15, 0.2) is 22.2 Å². The summed E-state index contributed by atoms with van der Waals surface area (Å²) in [5, 5.41) is 1.86. The smallest absolute Gasteiger partial charge is 0.254 e. The second kappa shape index (κ2) is 4.89. The number of fused-ring (bicyclic) bond motifs is 1. The van der Waals surface area contributed by atoms with Crippen molar-refractivity contribution in [2.45, 2.75) is 11.7 Å². The van der Waals surface area contributed by atoms with Gasteiger partial charge in [-0.05, 0) is 0 Å². The van der Waals surface area contributed by atoms with E-state index in [0.717, 1.165) is 0 Å². The number of aromatic nitrogens is 2. The van der Waals surface area contributed by atoms with Crippen LogP contribution < -0.4 is 5.56 Å². The average molecular weight is 255 g/mol. The summed E-state index contributed by atoms with van der Waals surface area (Å²) in [5.41, 5.74) is -0.125. The molecule has 0 radical (unpaired) electrons. The van der Waals surface area contributed by atoms with Gasteiger partial charge in [-0.25, -0.2) is 10.0 Å². The molecular weight excluding hydrogens is 242 g/mol. The predicted molar refractivity (Wildman–Crippen MR) is 62.5 cm³/mol. The molecule has 0 spiro atoms. The van der Waals surface area contributed by atoms with E-state index in [0.29, 0.717) is 17.5 Å². The molecule has 17 heavy (non-hydrogen) atoms. The highest BCUT2D eigenvalue weighted by Gasteiger charge is 2.28. The first kappa shape index (κ1) is 12.1. The van der Waals surface area contributed by atoms with E-state index in [2.05, 4.69) is 4.98 Å². The maximum atomic E-state index is 11.9. The minimum absolute atomic E-state index is 0.124. The Morgan fingerprint density at radius 3 is 3.18 bits per heavy atom. The predicted octanol–water partition coefficient (Wildman–Crippen LogP) is -0.0150. The van der Waals surface area contributed by atoms with Crippen LogP contribution in [-0.4, -0.2) is 40.4 Å². The Hall–Kier alpha value is -1.34. The van der Waals surface area contributed by atoms with Gasteiger partial charge in [0.2, 0.25) is 0 Å². The molecule has 2 heterocycles. The van der Waals surface area contributed by atoms with Crippen LogP contribution in [0.2, 0.25) is 0 Å². The zero-order chi connectivity index (χ0) is 12.4. The summed E-state index contributed by atoms with van der Waals surface area (Å²) < 4.78 is 1.53. The second-order valence-corrected chi connectivity index (χ2v) is 4.69. The van der Waals surface area contributed by atoms with E-state index in [1.54, 1.807) is 7.05 Å². The first-order valence-electron chi connectivity index (χ1n) is 5.14. The Morgan fingerprint density at radius 2 is 2.47 bits per heavy atom. The molecule has 0 aromatic carbocycles. The Balaban J connectivity index is 2.21. The molecule has 1 aromatic rings. The molecule has 92 valence electrons. The lowest BCUT2D eigenvalue weighted by Gasteiger charge is -2.26. The van der Waals surface area contributed by atoms with Crippen molar-refractivity contribution < 1.29 is 9.63 Å². The molecule has 0 saturated carbocycles. The minimum atomic E-state index is -0.251. The Bertz CT molecular complexity index is 488. The topological polar surface area (TPSA) is 64.4 Å². The molecule has 1 aromatic heterocycles. The highest BCUT2D eigenvalue weighted by Crippen LogP contribution is 2.25. The number of nitrogens with zero attached hydrogens (tertiary/aromatic N) is 3. The number of rotatable bonds is 2. The summed E-state index contributed by atoms with van der Waals surface area (Å²) in [4.78, 5) is 32.5. The summed E-state index contributed by atoms with van der Waals surface area (Å²) in [6.07, 6.45) is 1.49. The van der Waals surface area contributed by atoms with Crippen molar-refractivity contribution >= 4 is 17.7 Å². The van der Waals surface area contributed by atoms with Crippen LogP contribution in [0.5, 0.6) is 0 Å². The van der Waals surface area contributed by atoms with Gasteiger partial charge in [0.1, 0.15) is 0 Å². The number of thioether (sulfide) groups is 1. The van der Waals surface area contributed by atoms with Crippen molar-refractivity contribution in [3.8, 4) is 0 Å². The number of hydroxylamine groups is 2. The monoisotopic (exact) mass is 255 g/mol. The molecule has 1 aliphatic rings. The van der Waals surface area contributed by atoms with Crippen LogP contribution in [0.4, 0.5) is 0 Å². The van der Waals surface area contributed by atoms with E-state index in [1.165, 1.54) is 40.8 Å². The molecule has 0 bridgehead atoms. The highest BCUT2D eigenvalue weighted by molar-refractivity contribution is 7.99. The Morgan fingerprint density at radius 1 is 1.71 bits per heavy atom. The van der Waals surface area contributed by atoms with E-state index in [9.17, 15) is 9.59 Å². The van der Waals surface area contributed by atoms with Gasteiger partial charge in [0.05, 0.1) is 13.0 Å². The summed E-state index contributed by atoms with van der Waals surface area (Å²) in [7, 11) is 3.00. The van der Waals surface area contributed by atoms with E-state index in [1.807, 2.05) is 0 Å². The molecule has 1 aliphatic heterocycles. The lowest BCUT2D eigenvalue weighted by Crippen LogP contribution is -2.40. The maximum absolute atomic E-state index is 11.9. The third kappa shape index (κ3) is 2.34. The second-order valence-electron chi connectivity index (χ2n) is 3.70. The van der Waals surface area contributed by atoms with Crippen LogP contribution in [0, 0.1) is 5.92 Å². The summed E-state index contributed by atoms with van der Waals surface area (Å²) in [6, 6.07) is 1.40. The summed E-state index contributed by atoms with van der Waals surface area (Å²) in [6.45, 7) is 0.363. The van der Waals surface area contributed by atoms with Gasteiger partial charge in [0.25, 0.3) is 11.5 Å². The molecule has 7 heteroatoms. The fraction of sp³-hybridized carbons (Fsp3) is 0.500. The van der Waals surface area contributed by atoms with E-state index < -0.39 is 0 Å². The lowest BCUT2D eigenvalue weighted by molar-refractivity contribution is -0.173. The van der Waals surface area contributed by atoms with Crippen molar-refractivity contribution in [1.29, 1.82) is 0 Å². The van der Waals surface area contributed by atoms with Crippen molar-refractivity contribution in [1.82, 2.24) is 14.6 Å². The standard InChI is InChI=1S/C10H13N3O3S/c1-12(16-2)9(15)7-5-13-8(14)3-4-11-10(13)17-6-7/h3-4,7H,5-6H2,1-2H3. The van der Waals surface area contributed by atoms with Crippen molar-refractivity contribution in [3.05, 3.63) is 22.6 Å². The van der Waals surface area contributed by atoms with Gasteiger partial charge in [-0.15, -0.1) is 0 Å². The Kier molecular flexibility index (Phi) is 3.49. The number of amides is 1. The van der Waals surface area contributed by atoms with Crippen LogP contribution in [0.1, 0.15) is 0 Å². The van der Waals surface area contributed by atoms with Crippen LogP contribution >= 0.6 is 11.8 Å². The normalized spacial score (nSPS) is 18.6. The molecule has 1 unspecified atom stereocenters. The number of carbonyl (C=O) groups excluding carboxylic acids is 1. The van der Waals surface area contributed by atoms with Crippen LogP contribution in [-0.2, 0) is 16.2 Å². The van der Waals surface area contributed by atoms with Gasteiger partial charge in [-0.2, -0.15) is 0 Å². The lowest BCUT2D eigenvalue weighted by atomic mass is 10.1. The zero-order valence-electron chi connectivity index (χ0n) is 9.62. The van der Waals surface area contributed by atoms with E-state index in [4.69, 9.17) is 4.84 Å². The van der Waals surface area contributed by atoms with Crippen molar-refractivity contribution in [2.24, 2.45) is 5.92 Å². The van der Waals surface area contributed by atoms with E-state index >= 15 is 0 Å². The summed E-state index contributed by atoms with van der Waals surface area (Å²) in [5.74, 6) is 0.240. The minimum Gasteiger partial charge on any atom is -0.287 e. The molecule has 1 atom stereocenters. The molecule has 1 amide bonds. The average Bonchev–Trinajstić information content (AvgIpc) is 2.37. The molecule has 0 aliphatic carbocycles. The van der Waals surface area contributed by atoms with E-state index in [-0.39, 0.29) is 17.4 Å². The highest BCUT2D eigenvalue weighted by atomic mass is 32.2.